The number of aromatic nitrogens is 1. The SMILES string of the molecule is C=CCNS.Fc1cc(F)c(F)c(Cc2cnccc2C(F)(F)F)c1F. The van der Waals surface area contributed by atoms with Gasteiger partial charge in [0.1, 0.15) is 0 Å². The number of hydrogen-bond donors (Lipinski definition) is 2. The minimum atomic E-state index is -4.78. The molecule has 0 saturated carbocycles. The smallest absolute Gasteiger partial charge is 0.264 e. The summed E-state index contributed by atoms with van der Waals surface area (Å²) in [5.41, 5.74) is -2.89. The predicted molar refractivity (Wildman–Crippen MR) is 85.5 cm³/mol. The van der Waals surface area contributed by atoms with Crippen molar-refractivity contribution in [1.82, 2.24) is 9.71 Å². The van der Waals surface area contributed by atoms with Crippen LogP contribution in [0.3, 0.4) is 0 Å². The van der Waals surface area contributed by atoms with E-state index in [1.54, 1.807) is 6.08 Å². The van der Waals surface area contributed by atoms with Crippen molar-refractivity contribution in [3.8, 4) is 0 Å². The Morgan fingerprint density at radius 2 is 1.69 bits per heavy atom. The highest BCUT2D eigenvalue weighted by Gasteiger charge is 2.34. The molecule has 10 heteroatoms. The van der Waals surface area contributed by atoms with Gasteiger partial charge in [0.2, 0.25) is 0 Å². The Kier molecular flexibility index (Phi) is 8.09. The molecule has 1 N–H and O–H groups in total. The zero-order valence-corrected chi connectivity index (χ0v) is 13.9. The topological polar surface area (TPSA) is 24.9 Å². The highest BCUT2D eigenvalue weighted by Crippen LogP contribution is 2.33. The molecule has 0 atom stereocenters. The van der Waals surface area contributed by atoms with E-state index in [9.17, 15) is 30.7 Å². The van der Waals surface area contributed by atoms with Crippen LogP contribution in [0.4, 0.5) is 30.7 Å². The number of thiol groups is 1. The van der Waals surface area contributed by atoms with Gasteiger partial charge in [0.15, 0.2) is 23.3 Å². The molecule has 0 amide bonds. The van der Waals surface area contributed by atoms with Gasteiger partial charge < -0.3 is 0 Å². The Morgan fingerprint density at radius 3 is 2.12 bits per heavy atom. The summed E-state index contributed by atoms with van der Waals surface area (Å²) in [4.78, 5) is 3.43. The maximum atomic E-state index is 13.5. The predicted octanol–water partition coefficient (Wildman–Crippen LogP) is 4.85. The molecule has 0 spiro atoms. The lowest BCUT2D eigenvalue weighted by Crippen LogP contribution is -2.12. The number of halogens is 7. The van der Waals surface area contributed by atoms with E-state index in [2.05, 4.69) is 29.1 Å². The van der Waals surface area contributed by atoms with E-state index in [-0.39, 0.29) is 6.07 Å². The van der Waals surface area contributed by atoms with Crippen LogP contribution in [-0.2, 0) is 12.6 Å². The van der Waals surface area contributed by atoms with E-state index in [0.29, 0.717) is 6.07 Å². The van der Waals surface area contributed by atoms with Crippen LogP contribution in [-0.4, -0.2) is 11.5 Å². The Labute approximate surface area is 150 Å². The summed E-state index contributed by atoms with van der Waals surface area (Å²) in [5, 5.41) is 0. The Hall–Kier alpha value is -2.07. The molecule has 1 heterocycles. The summed E-state index contributed by atoms with van der Waals surface area (Å²) >= 11 is 3.68. The molecule has 0 radical (unpaired) electrons. The van der Waals surface area contributed by atoms with E-state index < -0.39 is 52.6 Å². The molecular formula is C16H13F7N2S. The maximum absolute atomic E-state index is 13.5. The van der Waals surface area contributed by atoms with Crippen molar-refractivity contribution >= 4 is 12.8 Å². The van der Waals surface area contributed by atoms with Gasteiger partial charge in [0.05, 0.1) is 5.56 Å². The molecule has 2 nitrogen and oxygen atoms in total. The molecule has 0 unspecified atom stereocenters. The minimum absolute atomic E-state index is 0.0118. The molecule has 2 aromatic rings. The van der Waals surface area contributed by atoms with Crippen LogP contribution in [0.25, 0.3) is 0 Å². The second-order valence-electron chi connectivity index (χ2n) is 4.81. The summed E-state index contributed by atoms with van der Waals surface area (Å²) in [7, 11) is 0. The highest BCUT2D eigenvalue weighted by atomic mass is 32.1. The lowest BCUT2D eigenvalue weighted by Gasteiger charge is -2.13. The van der Waals surface area contributed by atoms with Gasteiger partial charge in [0.25, 0.3) is 0 Å². The van der Waals surface area contributed by atoms with E-state index in [1.165, 1.54) is 0 Å². The third-order valence-corrected chi connectivity index (χ3v) is 3.20. The Morgan fingerprint density at radius 1 is 1.12 bits per heavy atom. The van der Waals surface area contributed by atoms with Crippen LogP contribution < -0.4 is 4.72 Å². The number of nitrogens with zero attached hydrogens (tertiary/aromatic N) is 1. The second kappa shape index (κ2) is 9.58. The maximum Gasteiger partial charge on any atom is 0.416 e. The first-order chi connectivity index (χ1) is 12.1. The van der Waals surface area contributed by atoms with Crippen LogP contribution in [0.1, 0.15) is 16.7 Å². The average molecular weight is 398 g/mol. The minimum Gasteiger partial charge on any atom is -0.264 e. The molecule has 0 saturated heterocycles. The van der Waals surface area contributed by atoms with Crippen LogP contribution in [0, 0.1) is 23.3 Å². The highest BCUT2D eigenvalue weighted by molar-refractivity contribution is 7.78. The molecule has 2 rings (SSSR count). The number of benzene rings is 1. The van der Waals surface area contributed by atoms with E-state index in [4.69, 9.17) is 0 Å². The zero-order valence-electron chi connectivity index (χ0n) is 13.0. The van der Waals surface area contributed by atoms with Gasteiger partial charge in [-0.05, 0) is 11.6 Å². The molecule has 1 aromatic carbocycles. The third kappa shape index (κ3) is 5.73. The van der Waals surface area contributed by atoms with Crippen molar-refractivity contribution < 1.29 is 30.7 Å². The van der Waals surface area contributed by atoms with Crippen LogP contribution in [0.2, 0.25) is 0 Å². The van der Waals surface area contributed by atoms with Crippen molar-refractivity contribution in [1.29, 1.82) is 0 Å². The Bertz CT molecular complexity index is 737. The second-order valence-corrected chi connectivity index (χ2v) is 5.12. The van der Waals surface area contributed by atoms with Crippen LogP contribution in [0.5, 0.6) is 0 Å². The summed E-state index contributed by atoms with van der Waals surface area (Å²) < 4.78 is 93.9. The molecule has 0 bridgehead atoms. The third-order valence-electron chi connectivity index (χ3n) is 3.01. The van der Waals surface area contributed by atoms with Crippen LogP contribution >= 0.6 is 12.8 Å². The van der Waals surface area contributed by atoms with Gasteiger partial charge in [-0.15, -0.1) is 6.58 Å². The zero-order chi connectivity index (χ0) is 19.9. The lowest BCUT2D eigenvalue weighted by atomic mass is 10.0. The van der Waals surface area contributed by atoms with Gasteiger partial charge in [0, 0.05) is 37.0 Å². The van der Waals surface area contributed by atoms with Gasteiger partial charge in [-0.2, -0.15) is 13.2 Å². The number of alkyl halides is 3. The van der Waals surface area contributed by atoms with Gasteiger partial charge in [-0.3, -0.25) is 9.71 Å². The fraction of sp³-hybridized carbons (Fsp3) is 0.188. The largest absolute Gasteiger partial charge is 0.416 e. The number of pyridine rings is 1. The Balaban J connectivity index is 0.000000597. The molecule has 1 aromatic heterocycles. The molecule has 0 fully saturated rings. The first-order valence-corrected chi connectivity index (χ1v) is 7.38. The summed E-state index contributed by atoms with van der Waals surface area (Å²) in [5.74, 6) is -6.82. The van der Waals surface area contributed by atoms with E-state index in [1.807, 2.05) is 0 Å². The van der Waals surface area contributed by atoms with Crippen LogP contribution in [0.15, 0.2) is 37.2 Å². The van der Waals surface area contributed by atoms with E-state index >= 15 is 0 Å². The monoisotopic (exact) mass is 398 g/mol. The van der Waals surface area contributed by atoms with Crippen molar-refractivity contribution in [3.63, 3.8) is 0 Å². The van der Waals surface area contributed by atoms with Crippen molar-refractivity contribution in [3.05, 3.63) is 77.1 Å². The van der Waals surface area contributed by atoms with Crippen molar-refractivity contribution in [2.24, 2.45) is 0 Å². The fourth-order valence-electron chi connectivity index (χ4n) is 1.88. The normalized spacial score (nSPS) is 10.9. The molecule has 0 aliphatic carbocycles. The molecule has 0 aliphatic rings. The lowest BCUT2D eigenvalue weighted by molar-refractivity contribution is -0.138. The van der Waals surface area contributed by atoms with Gasteiger partial charge in [-0.1, -0.05) is 18.9 Å². The van der Waals surface area contributed by atoms with E-state index in [0.717, 1.165) is 18.9 Å². The average Bonchev–Trinajstić information content (AvgIpc) is 2.58. The fourth-order valence-corrected chi connectivity index (χ4v) is 2.01. The van der Waals surface area contributed by atoms with Crippen molar-refractivity contribution in [2.75, 3.05) is 6.54 Å². The number of rotatable bonds is 4. The molecular weight excluding hydrogens is 385 g/mol. The standard InChI is InChI=1S/C13H6F7N.C3H7NS/c14-9-4-10(15)12(17)7(11(9)16)3-6-5-21-2-1-8(6)13(18,19)20;1-2-3-4-5/h1-2,4-5H,3H2;2,4-5H,1,3H2. The van der Waals surface area contributed by atoms with Gasteiger partial charge in [-0.25, -0.2) is 17.6 Å². The quantitative estimate of drug-likeness (QED) is 0.333. The molecule has 0 aliphatic heterocycles. The molecule has 26 heavy (non-hydrogen) atoms. The summed E-state index contributed by atoms with van der Waals surface area (Å²) in [6, 6.07) is 0.600. The summed E-state index contributed by atoms with van der Waals surface area (Å²) in [6.07, 6.45) is -2.42. The first kappa shape index (κ1) is 22.0. The number of hydrogen-bond acceptors (Lipinski definition) is 3. The molecule has 142 valence electrons. The van der Waals surface area contributed by atoms with Crippen molar-refractivity contribution in [2.45, 2.75) is 12.6 Å². The number of nitrogens with one attached hydrogen (secondary N) is 1. The van der Waals surface area contributed by atoms with Gasteiger partial charge >= 0.3 is 6.18 Å². The first-order valence-electron chi connectivity index (χ1n) is 6.93. The summed E-state index contributed by atoms with van der Waals surface area (Å²) in [6.45, 7) is 4.21.